The van der Waals surface area contributed by atoms with E-state index in [4.69, 9.17) is 14.2 Å². The number of halogens is 2. The Balaban J connectivity index is 1.51. The van der Waals surface area contributed by atoms with Gasteiger partial charge in [0.2, 0.25) is 5.91 Å². The molecule has 0 aromatic heterocycles. The highest BCUT2D eigenvalue weighted by molar-refractivity contribution is 9.10. The molecule has 2 fully saturated rings. The molecule has 2 aromatic carbocycles. The van der Waals surface area contributed by atoms with Crippen molar-refractivity contribution in [1.82, 2.24) is 9.80 Å². The van der Waals surface area contributed by atoms with Crippen molar-refractivity contribution in [2.24, 2.45) is 0 Å². The summed E-state index contributed by atoms with van der Waals surface area (Å²) in [6.45, 7) is 3.60. The maximum atomic E-state index is 14.0. The number of hydrogen-bond donors (Lipinski definition) is 0. The van der Waals surface area contributed by atoms with Crippen LogP contribution in [0.15, 0.2) is 45.8 Å². The highest BCUT2D eigenvalue weighted by atomic mass is 79.9. The van der Waals surface area contributed by atoms with Crippen molar-refractivity contribution in [3.05, 3.63) is 62.7 Å². The molecule has 0 radical (unpaired) electrons. The summed E-state index contributed by atoms with van der Waals surface area (Å²) in [5, 5.41) is -0.498. The molecule has 2 heterocycles. The fraction of sp³-hybridized carbons (Fsp3) is 0.320. The normalized spacial score (nSPS) is 17.1. The minimum Gasteiger partial charge on any atom is -0.490 e. The summed E-state index contributed by atoms with van der Waals surface area (Å²) in [4.78, 5) is 40.7. The van der Waals surface area contributed by atoms with Gasteiger partial charge in [0.25, 0.3) is 11.1 Å². The molecule has 0 spiro atoms. The van der Waals surface area contributed by atoms with Gasteiger partial charge >= 0.3 is 0 Å². The zero-order valence-corrected chi connectivity index (χ0v) is 21.9. The maximum absolute atomic E-state index is 14.0. The Morgan fingerprint density at radius 3 is 2.67 bits per heavy atom. The minimum absolute atomic E-state index is 0.000749. The zero-order chi connectivity index (χ0) is 25.7. The van der Waals surface area contributed by atoms with Crippen LogP contribution in [0.5, 0.6) is 11.5 Å². The second kappa shape index (κ2) is 11.9. The van der Waals surface area contributed by atoms with Crippen molar-refractivity contribution in [2.45, 2.75) is 13.5 Å². The molecule has 0 N–H and O–H groups in total. The number of thioether (sulfide) groups is 1. The number of benzene rings is 2. The second-order valence-corrected chi connectivity index (χ2v) is 9.75. The molecular weight excluding hydrogens is 555 g/mol. The molecule has 2 aliphatic heterocycles. The van der Waals surface area contributed by atoms with Crippen molar-refractivity contribution >= 4 is 50.8 Å². The van der Waals surface area contributed by atoms with Gasteiger partial charge < -0.3 is 19.1 Å². The fourth-order valence-corrected chi connectivity index (χ4v) is 5.09. The summed E-state index contributed by atoms with van der Waals surface area (Å²) in [5.74, 6) is -0.399. The van der Waals surface area contributed by atoms with E-state index in [2.05, 4.69) is 15.9 Å². The first-order valence-corrected chi connectivity index (χ1v) is 12.9. The van der Waals surface area contributed by atoms with Crippen LogP contribution in [0.3, 0.4) is 0 Å². The maximum Gasteiger partial charge on any atom is 0.294 e. The summed E-state index contributed by atoms with van der Waals surface area (Å²) in [6.07, 6.45) is 1.57. The third-order valence-electron chi connectivity index (χ3n) is 5.49. The third kappa shape index (κ3) is 6.08. The van der Waals surface area contributed by atoms with E-state index in [9.17, 15) is 18.8 Å². The molecule has 8 nitrogen and oxygen atoms in total. The molecule has 2 aliphatic rings. The molecule has 4 rings (SSSR count). The number of nitrogens with zero attached hydrogens (tertiary/aromatic N) is 2. The zero-order valence-electron chi connectivity index (χ0n) is 19.5. The number of carbonyl (C=O) groups is 3. The van der Waals surface area contributed by atoms with E-state index in [1.807, 2.05) is 6.92 Å². The molecule has 0 atom stereocenters. The SMILES string of the molecule is CCOc1cc(/C=C2/SC(=O)N(CC(=O)N3CCOCC3)C2=O)cc(Br)c1OCc1ccccc1F. The Bertz CT molecular complexity index is 1200. The number of imide groups is 1. The van der Waals surface area contributed by atoms with Crippen LogP contribution < -0.4 is 9.47 Å². The van der Waals surface area contributed by atoms with Gasteiger partial charge in [-0.05, 0) is 64.5 Å². The number of amides is 3. The van der Waals surface area contributed by atoms with E-state index in [0.717, 1.165) is 16.7 Å². The van der Waals surface area contributed by atoms with Gasteiger partial charge in [-0.25, -0.2) is 4.39 Å². The molecular formula is C25H24BrFN2O6S. The monoisotopic (exact) mass is 578 g/mol. The lowest BCUT2D eigenvalue weighted by Gasteiger charge is -2.28. The number of hydrogen-bond acceptors (Lipinski definition) is 7. The van der Waals surface area contributed by atoms with Crippen LogP contribution in [0.25, 0.3) is 6.08 Å². The molecule has 3 amide bonds. The minimum atomic E-state index is -0.527. The molecule has 0 unspecified atom stereocenters. The highest BCUT2D eigenvalue weighted by Crippen LogP contribution is 2.39. The summed E-state index contributed by atoms with van der Waals surface area (Å²) in [7, 11) is 0. The van der Waals surface area contributed by atoms with Gasteiger partial charge in [0.15, 0.2) is 11.5 Å². The Morgan fingerprint density at radius 2 is 1.94 bits per heavy atom. The van der Waals surface area contributed by atoms with E-state index < -0.39 is 11.1 Å². The van der Waals surface area contributed by atoms with E-state index in [0.29, 0.717) is 60.0 Å². The molecule has 2 aromatic rings. The predicted molar refractivity (Wildman–Crippen MR) is 136 cm³/mol. The summed E-state index contributed by atoms with van der Waals surface area (Å²) in [5.41, 5.74) is 0.991. The van der Waals surface area contributed by atoms with Crippen LogP contribution in [0.2, 0.25) is 0 Å². The molecule has 0 bridgehead atoms. The van der Waals surface area contributed by atoms with Crippen LogP contribution in [-0.2, 0) is 20.9 Å². The average molecular weight is 579 g/mol. The molecule has 190 valence electrons. The predicted octanol–water partition coefficient (Wildman–Crippen LogP) is 4.46. The molecule has 36 heavy (non-hydrogen) atoms. The van der Waals surface area contributed by atoms with Gasteiger partial charge in [0, 0.05) is 18.7 Å². The lowest BCUT2D eigenvalue weighted by molar-refractivity contribution is -0.139. The van der Waals surface area contributed by atoms with Crippen LogP contribution in [0, 0.1) is 5.82 Å². The van der Waals surface area contributed by atoms with Crippen LogP contribution in [-0.4, -0.2) is 66.3 Å². The van der Waals surface area contributed by atoms with E-state index in [1.54, 1.807) is 41.3 Å². The first-order chi connectivity index (χ1) is 17.4. The smallest absolute Gasteiger partial charge is 0.294 e. The van der Waals surface area contributed by atoms with Gasteiger partial charge in [-0.3, -0.25) is 19.3 Å². The lowest BCUT2D eigenvalue weighted by atomic mass is 10.1. The van der Waals surface area contributed by atoms with Crippen LogP contribution in [0.1, 0.15) is 18.1 Å². The molecule has 0 aliphatic carbocycles. The quantitative estimate of drug-likeness (QED) is 0.427. The number of morpholine rings is 1. The van der Waals surface area contributed by atoms with Crippen molar-refractivity contribution in [3.63, 3.8) is 0 Å². The van der Waals surface area contributed by atoms with Gasteiger partial charge in [0.1, 0.15) is 19.0 Å². The molecule has 2 saturated heterocycles. The third-order valence-corrected chi connectivity index (χ3v) is 6.99. The van der Waals surface area contributed by atoms with Gasteiger partial charge in [0.05, 0.1) is 29.2 Å². The van der Waals surface area contributed by atoms with E-state index in [1.165, 1.54) is 6.07 Å². The average Bonchev–Trinajstić information content (AvgIpc) is 3.12. The first-order valence-electron chi connectivity index (χ1n) is 11.3. The summed E-state index contributed by atoms with van der Waals surface area (Å²) >= 11 is 4.25. The Morgan fingerprint density at radius 1 is 1.19 bits per heavy atom. The molecule has 0 saturated carbocycles. The summed E-state index contributed by atoms with van der Waals surface area (Å²) in [6, 6.07) is 9.73. The van der Waals surface area contributed by atoms with Crippen molar-refractivity contribution in [2.75, 3.05) is 39.5 Å². The topological polar surface area (TPSA) is 85.4 Å². The van der Waals surface area contributed by atoms with Crippen molar-refractivity contribution in [3.8, 4) is 11.5 Å². The Kier molecular flexibility index (Phi) is 8.65. The van der Waals surface area contributed by atoms with Crippen molar-refractivity contribution in [1.29, 1.82) is 0 Å². The standard InChI is InChI=1S/C25H24BrFN2O6S/c1-2-34-20-12-16(11-18(26)23(20)35-15-17-5-3-4-6-19(17)27)13-21-24(31)29(25(32)36-21)14-22(30)28-7-9-33-10-8-28/h3-6,11-13H,2,7-10,14-15H2,1H3/b21-13+. The van der Waals surface area contributed by atoms with Gasteiger partial charge in [-0.15, -0.1) is 0 Å². The Labute approximate surface area is 220 Å². The first kappa shape index (κ1) is 26.2. The molecule has 11 heteroatoms. The van der Waals surface area contributed by atoms with Gasteiger partial charge in [-0.2, -0.15) is 0 Å². The number of ether oxygens (including phenoxy) is 3. The lowest BCUT2D eigenvalue weighted by Crippen LogP contribution is -2.46. The summed E-state index contributed by atoms with van der Waals surface area (Å²) < 4.78 is 31.3. The van der Waals surface area contributed by atoms with Crippen molar-refractivity contribution < 1.29 is 33.0 Å². The number of rotatable bonds is 8. The van der Waals surface area contributed by atoms with E-state index >= 15 is 0 Å². The Hall–Kier alpha value is -2.89. The fourth-order valence-electron chi connectivity index (χ4n) is 3.68. The van der Waals surface area contributed by atoms with E-state index in [-0.39, 0.29) is 29.8 Å². The van der Waals surface area contributed by atoms with Crippen LogP contribution >= 0.6 is 27.7 Å². The largest absolute Gasteiger partial charge is 0.490 e. The van der Waals surface area contributed by atoms with Gasteiger partial charge in [-0.1, -0.05) is 18.2 Å². The second-order valence-electron chi connectivity index (χ2n) is 7.90. The number of carbonyl (C=O) groups excluding carboxylic acids is 3. The highest BCUT2D eigenvalue weighted by Gasteiger charge is 2.37. The van der Waals surface area contributed by atoms with Crippen LogP contribution in [0.4, 0.5) is 9.18 Å².